The van der Waals surface area contributed by atoms with Crippen LogP contribution in [0, 0.1) is 0 Å². The molecule has 0 aromatic heterocycles. The minimum atomic E-state index is -0.179. The summed E-state index contributed by atoms with van der Waals surface area (Å²) >= 11 is 0. The standard InChI is InChI=1S/C19H29N3O3/c1-3-16(21-18(23)12-14(2)20)15-8-4-5-9-17(15)25-13-19(24)22-10-6-7-11-22/h4-5,8-9,14,16H,3,6-7,10-13,20H2,1-2H3,(H,21,23). The van der Waals surface area contributed by atoms with Gasteiger partial charge in [-0.1, -0.05) is 25.1 Å². The highest BCUT2D eigenvalue weighted by Gasteiger charge is 2.21. The van der Waals surface area contributed by atoms with Gasteiger partial charge >= 0.3 is 0 Å². The van der Waals surface area contributed by atoms with E-state index in [4.69, 9.17) is 10.5 Å². The van der Waals surface area contributed by atoms with Gasteiger partial charge in [0.2, 0.25) is 5.91 Å². The molecule has 0 saturated carbocycles. The summed E-state index contributed by atoms with van der Waals surface area (Å²) in [6, 6.07) is 7.20. The molecule has 2 atom stereocenters. The number of carbonyl (C=O) groups is 2. The van der Waals surface area contributed by atoms with Crippen LogP contribution in [0.15, 0.2) is 24.3 Å². The number of rotatable bonds is 8. The lowest BCUT2D eigenvalue weighted by molar-refractivity contribution is -0.132. The predicted molar refractivity (Wildman–Crippen MR) is 97.2 cm³/mol. The van der Waals surface area contributed by atoms with Crippen molar-refractivity contribution in [1.82, 2.24) is 10.2 Å². The molecule has 0 radical (unpaired) electrons. The Morgan fingerprint density at radius 2 is 1.96 bits per heavy atom. The van der Waals surface area contributed by atoms with Gasteiger partial charge < -0.3 is 20.7 Å². The Labute approximate surface area is 149 Å². The highest BCUT2D eigenvalue weighted by molar-refractivity contribution is 5.78. The molecule has 3 N–H and O–H groups in total. The Kier molecular flexibility index (Phi) is 7.25. The molecular weight excluding hydrogens is 318 g/mol. The molecule has 1 aromatic rings. The van der Waals surface area contributed by atoms with Gasteiger partial charge in [-0.15, -0.1) is 0 Å². The minimum Gasteiger partial charge on any atom is -0.483 e. The van der Waals surface area contributed by atoms with Crippen molar-refractivity contribution in [3.05, 3.63) is 29.8 Å². The second kappa shape index (κ2) is 9.42. The summed E-state index contributed by atoms with van der Waals surface area (Å²) in [5.74, 6) is 0.578. The third-order valence-electron chi connectivity index (χ3n) is 4.36. The fraction of sp³-hybridized carbons (Fsp3) is 0.579. The van der Waals surface area contributed by atoms with Crippen LogP contribution in [-0.2, 0) is 9.59 Å². The van der Waals surface area contributed by atoms with Crippen LogP contribution in [-0.4, -0.2) is 42.5 Å². The second-order valence-corrected chi connectivity index (χ2v) is 6.62. The van der Waals surface area contributed by atoms with Crippen molar-refractivity contribution < 1.29 is 14.3 Å². The first-order valence-electron chi connectivity index (χ1n) is 9.05. The summed E-state index contributed by atoms with van der Waals surface area (Å²) < 4.78 is 5.79. The lowest BCUT2D eigenvalue weighted by Gasteiger charge is -2.22. The number of hydrogen-bond donors (Lipinski definition) is 2. The third kappa shape index (κ3) is 5.74. The van der Waals surface area contributed by atoms with Crippen molar-refractivity contribution in [1.29, 1.82) is 0 Å². The van der Waals surface area contributed by atoms with Gasteiger partial charge in [-0.05, 0) is 32.3 Å². The molecule has 0 bridgehead atoms. The van der Waals surface area contributed by atoms with Gasteiger partial charge in [-0.25, -0.2) is 0 Å². The van der Waals surface area contributed by atoms with Crippen LogP contribution in [0.4, 0.5) is 0 Å². The van der Waals surface area contributed by atoms with Gasteiger partial charge in [0.25, 0.3) is 5.91 Å². The van der Waals surface area contributed by atoms with Gasteiger partial charge in [0.15, 0.2) is 6.61 Å². The number of benzene rings is 1. The molecule has 6 nitrogen and oxygen atoms in total. The van der Waals surface area contributed by atoms with Gasteiger partial charge in [0, 0.05) is 31.1 Å². The fourth-order valence-electron chi connectivity index (χ4n) is 3.04. The highest BCUT2D eigenvalue weighted by atomic mass is 16.5. The third-order valence-corrected chi connectivity index (χ3v) is 4.36. The van der Waals surface area contributed by atoms with E-state index >= 15 is 0 Å². The maximum atomic E-state index is 12.2. The van der Waals surface area contributed by atoms with Crippen molar-refractivity contribution in [2.45, 2.75) is 51.6 Å². The Morgan fingerprint density at radius 3 is 2.60 bits per heavy atom. The first-order valence-corrected chi connectivity index (χ1v) is 9.05. The number of likely N-dealkylation sites (tertiary alicyclic amines) is 1. The molecule has 2 rings (SSSR count). The Hall–Kier alpha value is -2.08. The molecule has 1 saturated heterocycles. The number of nitrogens with one attached hydrogen (secondary N) is 1. The number of nitrogens with two attached hydrogens (primary N) is 1. The summed E-state index contributed by atoms with van der Waals surface area (Å²) in [6.45, 7) is 5.47. The van der Waals surface area contributed by atoms with E-state index in [1.807, 2.05) is 43.0 Å². The number of amides is 2. The summed E-state index contributed by atoms with van der Waals surface area (Å²) in [5, 5.41) is 3.00. The number of carbonyl (C=O) groups excluding carboxylic acids is 2. The van der Waals surface area contributed by atoms with Gasteiger partial charge in [-0.2, -0.15) is 0 Å². The van der Waals surface area contributed by atoms with E-state index in [0.29, 0.717) is 5.75 Å². The summed E-state index contributed by atoms with van der Waals surface area (Å²) in [7, 11) is 0. The number of nitrogens with zero attached hydrogens (tertiary/aromatic N) is 1. The number of hydrogen-bond acceptors (Lipinski definition) is 4. The Balaban J connectivity index is 2.02. The van der Waals surface area contributed by atoms with E-state index in [1.165, 1.54) is 0 Å². The first-order chi connectivity index (χ1) is 12.0. The zero-order valence-corrected chi connectivity index (χ0v) is 15.2. The molecule has 1 heterocycles. The number of para-hydroxylation sites is 1. The largest absolute Gasteiger partial charge is 0.483 e. The van der Waals surface area contributed by atoms with Crippen LogP contribution < -0.4 is 15.8 Å². The average molecular weight is 347 g/mol. The van der Waals surface area contributed by atoms with Crippen LogP contribution in [0.25, 0.3) is 0 Å². The fourth-order valence-corrected chi connectivity index (χ4v) is 3.04. The average Bonchev–Trinajstić information content (AvgIpc) is 3.12. The van der Waals surface area contributed by atoms with E-state index < -0.39 is 0 Å². The summed E-state index contributed by atoms with van der Waals surface area (Å²) in [5.41, 5.74) is 6.58. The Bertz CT molecular complexity index is 583. The molecule has 1 aliphatic heterocycles. The molecular formula is C19H29N3O3. The maximum absolute atomic E-state index is 12.2. The van der Waals surface area contributed by atoms with Crippen LogP contribution in [0.5, 0.6) is 5.75 Å². The zero-order valence-electron chi connectivity index (χ0n) is 15.2. The van der Waals surface area contributed by atoms with Crippen molar-refractivity contribution in [2.24, 2.45) is 5.73 Å². The van der Waals surface area contributed by atoms with Crippen LogP contribution in [0.2, 0.25) is 0 Å². The van der Waals surface area contributed by atoms with E-state index in [0.717, 1.165) is 37.9 Å². The van der Waals surface area contributed by atoms with E-state index in [9.17, 15) is 9.59 Å². The van der Waals surface area contributed by atoms with Crippen molar-refractivity contribution in [2.75, 3.05) is 19.7 Å². The van der Waals surface area contributed by atoms with Crippen LogP contribution in [0.1, 0.15) is 51.1 Å². The first kappa shape index (κ1) is 19.2. The molecule has 0 spiro atoms. The van der Waals surface area contributed by atoms with Gasteiger partial charge in [0.05, 0.1) is 6.04 Å². The minimum absolute atomic E-state index is 0.0151. The number of ether oxygens (including phenoxy) is 1. The van der Waals surface area contributed by atoms with E-state index in [1.54, 1.807) is 0 Å². The van der Waals surface area contributed by atoms with Crippen LogP contribution >= 0.6 is 0 Å². The summed E-state index contributed by atoms with van der Waals surface area (Å²) in [4.78, 5) is 26.1. The van der Waals surface area contributed by atoms with Crippen molar-refractivity contribution >= 4 is 11.8 Å². The molecule has 1 aliphatic rings. The SMILES string of the molecule is CCC(NC(=O)CC(C)N)c1ccccc1OCC(=O)N1CCCC1. The van der Waals surface area contributed by atoms with Crippen molar-refractivity contribution in [3.8, 4) is 5.75 Å². The van der Waals surface area contributed by atoms with E-state index in [2.05, 4.69) is 5.32 Å². The lowest BCUT2D eigenvalue weighted by atomic mass is 10.0. The molecule has 1 fully saturated rings. The molecule has 138 valence electrons. The monoisotopic (exact) mass is 347 g/mol. The van der Waals surface area contributed by atoms with Crippen molar-refractivity contribution in [3.63, 3.8) is 0 Å². The summed E-state index contributed by atoms with van der Waals surface area (Å²) in [6.07, 6.45) is 3.13. The predicted octanol–water partition coefficient (Wildman–Crippen LogP) is 1.99. The van der Waals surface area contributed by atoms with E-state index in [-0.39, 0.29) is 36.9 Å². The second-order valence-electron chi connectivity index (χ2n) is 6.62. The normalized spacial score (nSPS) is 16.4. The maximum Gasteiger partial charge on any atom is 0.260 e. The molecule has 2 unspecified atom stereocenters. The molecule has 0 aliphatic carbocycles. The lowest BCUT2D eigenvalue weighted by Crippen LogP contribution is -2.34. The zero-order chi connectivity index (χ0) is 18.2. The smallest absolute Gasteiger partial charge is 0.260 e. The molecule has 25 heavy (non-hydrogen) atoms. The van der Waals surface area contributed by atoms with Gasteiger partial charge in [0.1, 0.15) is 5.75 Å². The van der Waals surface area contributed by atoms with Gasteiger partial charge in [-0.3, -0.25) is 9.59 Å². The Morgan fingerprint density at radius 1 is 1.28 bits per heavy atom. The highest BCUT2D eigenvalue weighted by Crippen LogP contribution is 2.27. The topological polar surface area (TPSA) is 84.7 Å². The van der Waals surface area contributed by atoms with Crippen LogP contribution in [0.3, 0.4) is 0 Å². The molecule has 2 amide bonds. The molecule has 6 heteroatoms. The quantitative estimate of drug-likeness (QED) is 0.753. The molecule has 1 aromatic carbocycles.